The fraction of sp³-hybridized carbons (Fsp3) is 0.500. The van der Waals surface area contributed by atoms with Gasteiger partial charge in [-0.25, -0.2) is 0 Å². The number of hydrogen-bond acceptors (Lipinski definition) is 2. The summed E-state index contributed by atoms with van der Waals surface area (Å²) in [4.78, 5) is 11.9. The first-order valence-electron chi connectivity index (χ1n) is 7.43. The maximum absolute atomic E-state index is 11.9. The van der Waals surface area contributed by atoms with Crippen molar-refractivity contribution in [1.82, 2.24) is 14.3 Å². The molecule has 0 aromatic carbocycles. The molecule has 0 bridgehead atoms. The number of nitrogens with zero attached hydrogens (tertiary/aromatic N) is 3. The van der Waals surface area contributed by atoms with Gasteiger partial charge in [-0.1, -0.05) is 19.3 Å². The summed E-state index contributed by atoms with van der Waals surface area (Å²) in [6.07, 6.45) is 10.3. The Bertz CT molecular complexity index is 635. The standard InChI is InChI=1S/C16H21N3O/c1-13-7-9-18(16(20)11-13)12-14-8-10-19(17-14)15-5-3-2-4-6-15/h7-11,15H,2-6,12H2,1H3. The van der Waals surface area contributed by atoms with Gasteiger partial charge in [0.05, 0.1) is 18.3 Å². The van der Waals surface area contributed by atoms with Gasteiger partial charge in [0.1, 0.15) is 0 Å². The van der Waals surface area contributed by atoms with Crippen LogP contribution >= 0.6 is 0 Å². The topological polar surface area (TPSA) is 39.8 Å². The van der Waals surface area contributed by atoms with E-state index in [1.165, 1.54) is 32.1 Å². The van der Waals surface area contributed by atoms with E-state index >= 15 is 0 Å². The molecule has 106 valence electrons. The van der Waals surface area contributed by atoms with Crippen molar-refractivity contribution < 1.29 is 0 Å². The highest BCUT2D eigenvalue weighted by Gasteiger charge is 2.16. The Labute approximate surface area is 119 Å². The quantitative estimate of drug-likeness (QED) is 0.861. The van der Waals surface area contributed by atoms with Crippen LogP contribution in [0.2, 0.25) is 0 Å². The van der Waals surface area contributed by atoms with Gasteiger partial charge in [0.15, 0.2) is 0 Å². The molecule has 0 atom stereocenters. The molecular formula is C16H21N3O. The zero-order valence-corrected chi connectivity index (χ0v) is 12.0. The molecule has 0 amide bonds. The molecule has 3 rings (SSSR count). The van der Waals surface area contributed by atoms with E-state index in [1.807, 2.05) is 25.3 Å². The average Bonchev–Trinajstić information content (AvgIpc) is 2.92. The van der Waals surface area contributed by atoms with E-state index in [2.05, 4.69) is 16.0 Å². The third kappa shape index (κ3) is 2.84. The van der Waals surface area contributed by atoms with Crippen molar-refractivity contribution in [1.29, 1.82) is 0 Å². The Kier molecular flexibility index (Phi) is 3.72. The smallest absolute Gasteiger partial charge is 0.251 e. The van der Waals surface area contributed by atoms with E-state index < -0.39 is 0 Å². The second-order valence-electron chi connectivity index (χ2n) is 5.75. The number of aromatic nitrogens is 3. The molecule has 4 heteroatoms. The van der Waals surface area contributed by atoms with E-state index in [-0.39, 0.29) is 5.56 Å². The first kappa shape index (κ1) is 13.2. The predicted molar refractivity (Wildman–Crippen MR) is 78.9 cm³/mol. The van der Waals surface area contributed by atoms with Crippen LogP contribution in [0.4, 0.5) is 0 Å². The number of aryl methyl sites for hydroxylation is 1. The number of pyridine rings is 1. The van der Waals surface area contributed by atoms with Crippen LogP contribution in [-0.4, -0.2) is 14.3 Å². The van der Waals surface area contributed by atoms with Crippen molar-refractivity contribution in [2.45, 2.75) is 51.6 Å². The third-order valence-electron chi connectivity index (χ3n) is 4.10. The third-order valence-corrected chi connectivity index (χ3v) is 4.10. The number of hydrogen-bond donors (Lipinski definition) is 0. The molecule has 2 heterocycles. The molecule has 0 N–H and O–H groups in total. The molecule has 0 saturated heterocycles. The summed E-state index contributed by atoms with van der Waals surface area (Å²) in [7, 11) is 0. The van der Waals surface area contributed by atoms with Gasteiger partial charge in [0.2, 0.25) is 0 Å². The lowest BCUT2D eigenvalue weighted by atomic mass is 9.96. The lowest BCUT2D eigenvalue weighted by Crippen LogP contribution is -2.20. The fourth-order valence-electron chi connectivity index (χ4n) is 2.92. The maximum atomic E-state index is 11.9. The Morgan fingerprint density at radius 2 is 2.00 bits per heavy atom. The zero-order chi connectivity index (χ0) is 13.9. The highest BCUT2D eigenvalue weighted by molar-refractivity contribution is 5.10. The van der Waals surface area contributed by atoms with Crippen molar-refractivity contribution in [3.05, 3.63) is 52.2 Å². The van der Waals surface area contributed by atoms with E-state index in [4.69, 9.17) is 0 Å². The van der Waals surface area contributed by atoms with Crippen molar-refractivity contribution >= 4 is 0 Å². The minimum absolute atomic E-state index is 0.0391. The summed E-state index contributed by atoms with van der Waals surface area (Å²) in [5.41, 5.74) is 2.00. The summed E-state index contributed by atoms with van der Waals surface area (Å²) >= 11 is 0. The molecule has 0 aliphatic heterocycles. The molecule has 2 aromatic rings. The Morgan fingerprint density at radius 3 is 2.75 bits per heavy atom. The summed E-state index contributed by atoms with van der Waals surface area (Å²) in [6, 6.07) is 6.20. The van der Waals surface area contributed by atoms with Gasteiger partial charge in [0.25, 0.3) is 5.56 Å². The lowest BCUT2D eigenvalue weighted by Gasteiger charge is -2.21. The van der Waals surface area contributed by atoms with Crippen molar-refractivity contribution in [3.63, 3.8) is 0 Å². The summed E-state index contributed by atoms with van der Waals surface area (Å²) in [5.74, 6) is 0. The van der Waals surface area contributed by atoms with Crippen LogP contribution in [0.5, 0.6) is 0 Å². The van der Waals surface area contributed by atoms with E-state index in [0.29, 0.717) is 12.6 Å². The Hall–Kier alpha value is -1.84. The van der Waals surface area contributed by atoms with Gasteiger partial charge in [-0.3, -0.25) is 9.48 Å². The maximum Gasteiger partial charge on any atom is 0.251 e. The summed E-state index contributed by atoms with van der Waals surface area (Å²) in [6.45, 7) is 2.49. The van der Waals surface area contributed by atoms with Crippen molar-refractivity contribution in [2.24, 2.45) is 0 Å². The molecule has 1 fully saturated rings. The SMILES string of the molecule is Cc1ccn(Cc2ccn(C3CCCCC3)n2)c(=O)c1. The van der Waals surface area contributed by atoms with E-state index in [0.717, 1.165) is 11.3 Å². The molecule has 1 aliphatic carbocycles. The first-order chi connectivity index (χ1) is 9.72. The minimum atomic E-state index is 0.0391. The second kappa shape index (κ2) is 5.65. The van der Waals surface area contributed by atoms with E-state index in [9.17, 15) is 4.79 Å². The molecule has 20 heavy (non-hydrogen) atoms. The minimum Gasteiger partial charge on any atom is -0.309 e. The van der Waals surface area contributed by atoms with Gasteiger partial charge in [-0.05, 0) is 37.5 Å². The highest BCUT2D eigenvalue weighted by Crippen LogP contribution is 2.27. The highest BCUT2D eigenvalue weighted by atomic mass is 16.1. The van der Waals surface area contributed by atoms with E-state index in [1.54, 1.807) is 10.6 Å². The van der Waals surface area contributed by atoms with Gasteiger partial charge >= 0.3 is 0 Å². The molecule has 1 saturated carbocycles. The lowest BCUT2D eigenvalue weighted by molar-refractivity contribution is 0.328. The van der Waals surface area contributed by atoms with Crippen LogP contribution in [0.1, 0.15) is 49.4 Å². The molecule has 1 aliphatic rings. The molecular weight excluding hydrogens is 250 g/mol. The predicted octanol–water partition coefficient (Wildman–Crippen LogP) is 2.91. The molecule has 0 spiro atoms. The van der Waals surface area contributed by atoms with Crippen LogP contribution in [0, 0.1) is 6.92 Å². The first-order valence-corrected chi connectivity index (χ1v) is 7.43. The van der Waals surface area contributed by atoms with Crippen LogP contribution < -0.4 is 5.56 Å². The van der Waals surface area contributed by atoms with Gasteiger partial charge in [-0.15, -0.1) is 0 Å². The van der Waals surface area contributed by atoms with Crippen molar-refractivity contribution in [2.75, 3.05) is 0 Å². The van der Waals surface area contributed by atoms with Crippen LogP contribution in [0.25, 0.3) is 0 Å². The molecule has 0 unspecified atom stereocenters. The van der Waals surface area contributed by atoms with Gasteiger partial charge < -0.3 is 4.57 Å². The van der Waals surface area contributed by atoms with Gasteiger partial charge in [0, 0.05) is 18.5 Å². The Morgan fingerprint density at radius 1 is 1.20 bits per heavy atom. The average molecular weight is 271 g/mol. The largest absolute Gasteiger partial charge is 0.309 e. The molecule has 0 radical (unpaired) electrons. The monoisotopic (exact) mass is 271 g/mol. The Balaban J connectivity index is 1.75. The summed E-state index contributed by atoms with van der Waals surface area (Å²) < 4.78 is 3.80. The number of rotatable bonds is 3. The van der Waals surface area contributed by atoms with Crippen LogP contribution in [0.3, 0.4) is 0 Å². The van der Waals surface area contributed by atoms with Crippen LogP contribution in [-0.2, 0) is 6.54 Å². The fourth-order valence-corrected chi connectivity index (χ4v) is 2.92. The normalized spacial score (nSPS) is 16.4. The van der Waals surface area contributed by atoms with Crippen molar-refractivity contribution in [3.8, 4) is 0 Å². The van der Waals surface area contributed by atoms with Gasteiger partial charge in [-0.2, -0.15) is 5.10 Å². The molecule has 4 nitrogen and oxygen atoms in total. The summed E-state index contributed by atoms with van der Waals surface area (Å²) in [5, 5.41) is 4.65. The van der Waals surface area contributed by atoms with Crippen LogP contribution in [0.15, 0.2) is 35.4 Å². The zero-order valence-electron chi connectivity index (χ0n) is 12.0. The second-order valence-corrected chi connectivity index (χ2v) is 5.75. The molecule has 2 aromatic heterocycles.